The van der Waals surface area contributed by atoms with Gasteiger partial charge < -0.3 is 24.8 Å². The highest BCUT2D eigenvalue weighted by Crippen LogP contribution is 2.16. The lowest BCUT2D eigenvalue weighted by Crippen LogP contribution is -2.38. The van der Waals surface area contributed by atoms with Crippen molar-refractivity contribution in [3.05, 3.63) is 59.9 Å². The summed E-state index contributed by atoms with van der Waals surface area (Å²) >= 11 is 0. The molecule has 3 rings (SSSR count). The van der Waals surface area contributed by atoms with Crippen molar-refractivity contribution < 1.29 is 14.2 Å². The number of nitrogens with zero attached hydrogens (tertiary/aromatic N) is 2. The fourth-order valence-corrected chi connectivity index (χ4v) is 3.43. The van der Waals surface area contributed by atoms with Crippen molar-refractivity contribution in [1.82, 2.24) is 15.6 Å². The molecular weight excluding hydrogens is 404 g/mol. The minimum absolute atomic E-state index is 0.453. The zero-order valence-corrected chi connectivity index (χ0v) is 19.1. The van der Waals surface area contributed by atoms with Gasteiger partial charge in [0.25, 0.3) is 0 Å². The molecule has 2 N–H and O–H groups in total. The van der Waals surface area contributed by atoms with E-state index in [1.54, 1.807) is 6.20 Å². The molecule has 1 aromatic carbocycles. The summed E-state index contributed by atoms with van der Waals surface area (Å²) in [5.41, 5.74) is 2.01. The summed E-state index contributed by atoms with van der Waals surface area (Å²) < 4.78 is 17.1. The first-order valence-corrected chi connectivity index (χ1v) is 11.6. The number of aromatic nitrogens is 1. The van der Waals surface area contributed by atoms with Gasteiger partial charge in [-0.25, -0.2) is 4.99 Å². The largest absolute Gasteiger partial charge is 0.487 e. The second-order valence-electron chi connectivity index (χ2n) is 7.86. The fourth-order valence-electron chi connectivity index (χ4n) is 3.43. The predicted octanol–water partition coefficient (Wildman–Crippen LogP) is 3.55. The molecule has 0 atom stereocenters. The van der Waals surface area contributed by atoms with Gasteiger partial charge >= 0.3 is 0 Å². The second-order valence-corrected chi connectivity index (χ2v) is 7.86. The van der Waals surface area contributed by atoms with E-state index >= 15 is 0 Å². The van der Waals surface area contributed by atoms with Gasteiger partial charge in [0.2, 0.25) is 0 Å². The van der Waals surface area contributed by atoms with Gasteiger partial charge in [0.15, 0.2) is 5.96 Å². The molecule has 0 amide bonds. The van der Waals surface area contributed by atoms with Gasteiger partial charge in [-0.2, -0.15) is 0 Å². The number of benzene rings is 1. The van der Waals surface area contributed by atoms with E-state index in [1.807, 2.05) is 36.4 Å². The van der Waals surface area contributed by atoms with E-state index < -0.39 is 0 Å². The summed E-state index contributed by atoms with van der Waals surface area (Å²) in [7, 11) is 0. The number of hydrogen-bond acceptors (Lipinski definition) is 5. The summed E-state index contributed by atoms with van der Waals surface area (Å²) in [6.45, 7) is 8.10. The molecular formula is C25H36N4O3. The molecule has 32 heavy (non-hydrogen) atoms. The van der Waals surface area contributed by atoms with Crippen LogP contribution in [0.3, 0.4) is 0 Å². The van der Waals surface area contributed by atoms with Crippen LogP contribution in [-0.2, 0) is 22.6 Å². The zero-order chi connectivity index (χ0) is 22.3. The van der Waals surface area contributed by atoms with Crippen molar-refractivity contribution in [3.8, 4) is 5.75 Å². The standard InChI is InChI=1S/C25H36N4O3/c1-2-26-25(28-13-6-14-31-19-21-10-15-30-16-11-21)29-18-22-7-5-9-24(17-22)32-20-23-8-3-4-12-27-23/h3-5,7-9,12,17,21H,2,6,10-11,13-16,18-20H2,1H3,(H2,26,28,29). The lowest BCUT2D eigenvalue weighted by Gasteiger charge is -2.21. The third kappa shape index (κ3) is 9.24. The topological polar surface area (TPSA) is 77.0 Å². The van der Waals surface area contributed by atoms with Crippen LogP contribution in [0.5, 0.6) is 5.75 Å². The monoisotopic (exact) mass is 440 g/mol. The summed E-state index contributed by atoms with van der Waals surface area (Å²) in [5.74, 6) is 2.29. The van der Waals surface area contributed by atoms with Crippen LogP contribution < -0.4 is 15.4 Å². The second kappa shape index (κ2) is 14.4. The lowest BCUT2D eigenvalue weighted by atomic mass is 10.0. The van der Waals surface area contributed by atoms with Crippen molar-refractivity contribution in [3.63, 3.8) is 0 Å². The number of ether oxygens (including phenoxy) is 3. The highest BCUT2D eigenvalue weighted by Gasteiger charge is 2.13. The van der Waals surface area contributed by atoms with Gasteiger partial charge in [0, 0.05) is 45.7 Å². The Morgan fingerprint density at radius 1 is 1.16 bits per heavy atom. The van der Waals surface area contributed by atoms with Crippen LogP contribution >= 0.6 is 0 Å². The normalized spacial score (nSPS) is 14.8. The Labute approximate surface area is 191 Å². The molecule has 7 heteroatoms. The van der Waals surface area contributed by atoms with Crippen LogP contribution in [0.15, 0.2) is 53.7 Å². The van der Waals surface area contributed by atoms with Crippen LogP contribution in [0.4, 0.5) is 0 Å². The number of rotatable bonds is 12. The third-order valence-electron chi connectivity index (χ3n) is 5.23. The van der Waals surface area contributed by atoms with Crippen LogP contribution in [0.25, 0.3) is 0 Å². The maximum absolute atomic E-state index is 5.87. The Bertz CT molecular complexity index is 795. The SMILES string of the molecule is CCNC(=NCc1cccc(OCc2ccccn2)c1)NCCCOCC1CCOCC1. The number of pyridine rings is 1. The molecule has 7 nitrogen and oxygen atoms in total. The molecule has 0 unspecified atom stereocenters. The Kier molecular flexibility index (Phi) is 10.8. The third-order valence-corrected chi connectivity index (χ3v) is 5.23. The lowest BCUT2D eigenvalue weighted by molar-refractivity contribution is 0.0203. The molecule has 1 aliphatic heterocycles. The van der Waals surface area contributed by atoms with Crippen molar-refractivity contribution in [2.75, 3.05) is 39.5 Å². The fraction of sp³-hybridized carbons (Fsp3) is 0.520. The van der Waals surface area contributed by atoms with E-state index in [4.69, 9.17) is 19.2 Å². The van der Waals surface area contributed by atoms with E-state index in [9.17, 15) is 0 Å². The Balaban J connectivity index is 1.38. The van der Waals surface area contributed by atoms with Crippen LogP contribution in [0.2, 0.25) is 0 Å². The van der Waals surface area contributed by atoms with Gasteiger partial charge in [-0.3, -0.25) is 4.98 Å². The minimum Gasteiger partial charge on any atom is -0.487 e. The van der Waals surface area contributed by atoms with E-state index in [2.05, 4.69) is 28.6 Å². The maximum Gasteiger partial charge on any atom is 0.191 e. The summed E-state index contributed by atoms with van der Waals surface area (Å²) in [6, 6.07) is 13.9. The number of aliphatic imine (C=N–C) groups is 1. The van der Waals surface area contributed by atoms with Crippen LogP contribution in [0.1, 0.15) is 37.4 Å². The molecule has 1 fully saturated rings. The molecule has 1 aliphatic rings. The van der Waals surface area contributed by atoms with Crippen LogP contribution in [0, 0.1) is 5.92 Å². The summed E-state index contributed by atoms with van der Waals surface area (Å²) in [4.78, 5) is 9.00. The van der Waals surface area contributed by atoms with Gasteiger partial charge in [0.05, 0.1) is 12.2 Å². The average molecular weight is 441 g/mol. The highest BCUT2D eigenvalue weighted by molar-refractivity contribution is 5.79. The Morgan fingerprint density at radius 3 is 2.88 bits per heavy atom. The van der Waals surface area contributed by atoms with Gasteiger partial charge in [-0.15, -0.1) is 0 Å². The average Bonchev–Trinajstić information content (AvgIpc) is 2.85. The summed E-state index contributed by atoms with van der Waals surface area (Å²) in [5, 5.41) is 6.69. The van der Waals surface area contributed by atoms with Crippen molar-refractivity contribution in [1.29, 1.82) is 0 Å². The minimum atomic E-state index is 0.453. The molecule has 1 saturated heterocycles. The highest BCUT2D eigenvalue weighted by atomic mass is 16.5. The Morgan fingerprint density at radius 2 is 2.06 bits per heavy atom. The molecule has 0 radical (unpaired) electrons. The number of hydrogen-bond donors (Lipinski definition) is 2. The van der Waals surface area contributed by atoms with Crippen molar-refractivity contribution in [2.24, 2.45) is 10.9 Å². The molecule has 2 aromatic rings. The molecule has 2 heterocycles. The Hall–Kier alpha value is -2.64. The van der Waals surface area contributed by atoms with Gasteiger partial charge in [-0.05, 0) is 61.9 Å². The molecule has 174 valence electrons. The zero-order valence-electron chi connectivity index (χ0n) is 19.1. The van der Waals surface area contributed by atoms with E-state index in [0.717, 1.165) is 81.7 Å². The first-order valence-electron chi connectivity index (χ1n) is 11.6. The van der Waals surface area contributed by atoms with E-state index in [0.29, 0.717) is 19.1 Å². The van der Waals surface area contributed by atoms with E-state index in [-0.39, 0.29) is 0 Å². The van der Waals surface area contributed by atoms with E-state index in [1.165, 1.54) is 0 Å². The van der Waals surface area contributed by atoms with Gasteiger partial charge in [0.1, 0.15) is 12.4 Å². The number of nitrogens with one attached hydrogen (secondary N) is 2. The first-order chi connectivity index (χ1) is 15.8. The molecule has 0 spiro atoms. The molecule has 1 aromatic heterocycles. The van der Waals surface area contributed by atoms with Crippen molar-refractivity contribution >= 4 is 5.96 Å². The predicted molar refractivity (Wildman–Crippen MR) is 127 cm³/mol. The molecule has 0 aliphatic carbocycles. The van der Waals surface area contributed by atoms with Crippen molar-refractivity contribution in [2.45, 2.75) is 39.3 Å². The quantitative estimate of drug-likeness (QED) is 0.299. The summed E-state index contributed by atoms with van der Waals surface area (Å²) in [6.07, 6.45) is 4.96. The van der Waals surface area contributed by atoms with Crippen LogP contribution in [-0.4, -0.2) is 50.5 Å². The maximum atomic E-state index is 5.87. The molecule has 0 saturated carbocycles. The van der Waals surface area contributed by atoms with Gasteiger partial charge in [-0.1, -0.05) is 18.2 Å². The first kappa shape index (κ1) is 24.0. The smallest absolute Gasteiger partial charge is 0.191 e. The number of guanidine groups is 1. The molecule has 0 bridgehead atoms.